The van der Waals surface area contributed by atoms with Gasteiger partial charge in [-0.15, -0.1) is 0 Å². The van der Waals surface area contributed by atoms with Crippen molar-refractivity contribution in [2.24, 2.45) is 0 Å². The van der Waals surface area contributed by atoms with Crippen LogP contribution in [0.2, 0.25) is 0 Å². The minimum atomic E-state index is -0.381. The summed E-state index contributed by atoms with van der Waals surface area (Å²) in [6.07, 6.45) is 1.83. The quantitative estimate of drug-likeness (QED) is 0.424. The maximum absolute atomic E-state index is 4.27. The molecule has 25 heavy (non-hydrogen) atoms. The summed E-state index contributed by atoms with van der Waals surface area (Å²) in [5.41, 5.74) is 7.08. The number of fused-ring (bicyclic) bond motifs is 3. The summed E-state index contributed by atoms with van der Waals surface area (Å²) >= 11 is 3.65. The van der Waals surface area contributed by atoms with Crippen LogP contribution in [0.3, 0.4) is 0 Å². The average molecular weight is 387 g/mol. The van der Waals surface area contributed by atoms with E-state index >= 15 is 0 Å². The molecule has 4 aromatic rings. The lowest BCUT2D eigenvalue weighted by Gasteiger charge is -2.32. The average Bonchev–Trinajstić information content (AvgIpc) is 3.27. The van der Waals surface area contributed by atoms with Crippen molar-refractivity contribution in [1.82, 2.24) is 10.2 Å². The Morgan fingerprint density at radius 1 is 0.760 bits per heavy atom. The van der Waals surface area contributed by atoms with Crippen LogP contribution in [-0.2, 0) is 5.41 Å². The van der Waals surface area contributed by atoms with Gasteiger partial charge < -0.3 is 0 Å². The number of nitrogens with zero attached hydrogens (tertiary/aromatic N) is 1. The molecule has 3 heteroatoms. The van der Waals surface area contributed by atoms with Gasteiger partial charge in [0.15, 0.2) is 0 Å². The highest BCUT2D eigenvalue weighted by atomic mass is 79.9. The van der Waals surface area contributed by atoms with Gasteiger partial charge in [-0.1, -0.05) is 76.6 Å². The van der Waals surface area contributed by atoms with Gasteiger partial charge in [-0.25, -0.2) is 0 Å². The molecular formula is C22H15BrN2. The molecule has 3 aromatic carbocycles. The van der Waals surface area contributed by atoms with Crippen LogP contribution in [0.25, 0.3) is 11.1 Å². The van der Waals surface area contributed by atoms with E-state index in [1.54, 1.807) is 0 Å². The summed E-state index contributed by atoms with van der Waals surface area (Å²) in [4.78, 5) is 0. The number of halogens is 1. The first-order valence-electron chi connectivity index (χ1n) is 8.27. The molecular weight excluding hydrogens is 372 g/mol. The first kappa shape index (κ1) is 14.7. The standard InChI is InChI=1S/C22H15BrN2/c23-16-7-5-6-15(14-16)22(21-12-13-24-25-21)19-10-3-1-8-17(19)18-9-2-4-11-20(18)22/h1-14H,(H,24,25). The third-order valence-corrected chi connectivity index (χ3v) is 5.61. The van der Waals surface area contributed by atoms with E-state index in [1.165, 1.54) is 27.8 Å². The molecule has 0 radical (unpaired) electrons. The van der Waals surface area contributed by atoms with E-state index in [4.69, 9.17) is 0 Å². The lowest BCUT2D eigenvalue weighted by molar-refractivity contribution is 0.727. The van der Waals surface area contributed by atoms with Crippen molar-refractivity contribution in [3.8, 4) is 11.1 Å². The summed E-state index contributed by atoms with van der Waals surface area (Å²) in [6.45, 7) is 0. The molecule has 0 unspecified atom stereocenters. The number of hydrogen-bond acceptors (Lipinski definition) is 1. The van der Waals surface area contributed by atoms with Gasteiger partial charge in [0.05, 0.1) is 11.1 Å². The third kappa shape index (κ3) is 1.93. The summed E-state index contributed by atoms with van der Waals surface area (Å²) in [7, 11) is 0. The smallest absolute Gasteiger partial charge is 0.0880 e. The van der Waals surface area contributed by atoms with Crippen LogP contribution in [0.15, 0.2) is 89.5 Å². The Labute approximate surface area is 154 Å². The van der Waals surface area contributed by atoms with Crippen LogP contribution in [0.1, 0.15) is 22.4 Å². The Balaban J connectivity index is 1.98. The van der Waals surface area contributed by atoms with Crippen LogP contribution < -0.4 is 0 Å². The summed E-state index contributed by atoms with van der Waals surface area (Å²) < 4.78 is 1.07. The monoisotopic (exact) mass is 386 g/mol. The molecule has 0 saturated heterocycles. The molecule has 1 aliphatic rings. The number of nitrogens with one attached hydrogen (secondary N) is 1. The summed E-state index contributed by atoms with van der Waals surface area (Å²) in [5.74, 6) is 0. The van der Waals surface area contributed by atoms with Crippen LogP contribution >= 0.6 is 15.9 Å². The molecule has 0 bridgehead atoms. The fourth-order valence-electron chi connectivity index (χ4n) is 4.18. The largest absolute Gasteiger partial charge is 0.281 e. The van der Waals surface area contributed by atoms with E-state index in [1.807, 2.05) is 6.20 Å². The lowest BCUT2D eigenvalue weighted by atomic mass is 9.70. The molecule has 0 amide bonds. The van der Waals surface area contributed by atoms with Crippen molar-refractivity contribution in [2.75, 3.05) is 0 Å². The maximum atomic E-state index is 4.27. The minimum Gasteiger partial charge on any atom is -0.281 e. The molecule has 0 aliphatic heterocycles. The second-order valence-corrected chi connectivity index (χ2v) is 7.24. The highest BCUT2D eigenvalue weighted by Crippen LogP contribution is 2.55. The predicted octanol–water partition coefficient (Wildman–Crippen LogP) is 5.54. The number of aromatic amines is 1. The Morgan fingerprint density at radius 3 is 2.04 bits per heavy atom. The van der Waals surface area contributed by atoms with E-state index in [2.05, 4.69) is 105 Å². The minimum absolute atomic E-state index is 0.381. The number of aromatic nitrogens is 2. The van der Waals surface area contributed by atoms with E-state index in [9.17, 15) is 0 Å². The zero-order valence-electron chi connectivity index (χ0n) is 13.4. The Morgan fingerprint density at radius 2 is 1.44 bits per heavy atom. The first-order chi connectivity index (χ1) is 12.3. The van der Waals surface area contributed by atoms with E-state index < -0.39 is 0 Å². The van der Waals surface area contributed by atoms with Crippen LogP contribution in [0.5, 0.6) is 0 Å². The Hall–Kier alpha value is -2.65. The fourth-order valence-corrected chi connectivity index (χ4v) is 4.58. The molecule has 2 nitrogen and oxygen atoms in total. The molecule has 0 saturated carbocycles. The maximum Gasteiger partial charge on any atom is 0.0880 e. The van der Waals surface area contributed by atoms with Crippen LogP contribution in [0.4, 0.5) is 0 Å². The van der Waals surface area contributed by atoms with Crippen molar-refractivity contribution in [1.29, 1.82) is 0 Å². The number of rotatable bonds is 2. The van der Waals surface area contributed by atoms with Crippen LogP contribution in [-0.4, -0.2) is 10.2 Å². The molecule has 0 fully saturated rings. The van der Waals surface area contributed by atoms with E-state index in [0.29, 0.717) is 0 Å². The van der Waals surface area contributed by atoms with Gasteiger partial charge in [0.2, 0.25) is 0 Å². The lowest BCUT2D eigenvalue weighted by Crippen LogP contribution is -2.29. The second-order valence-electron chi connectivity index (χ2n) is 6.32. The predicted molar refractivity (Wildman–Crippen MR) is 104 cm³/mol. The van der Waals surface area contributed by atoms with E-state index in [0.717, 1.165) is 10.2 Å². The van der Waals surface area contributed by atoms with Crippen molar-refractivity contribution in [2.45, 2.75) is 5.41 Å². The normalized spacial score (nSPS) is 14.1. The Bertz CT molecular complexity index is 1020. The number of benzene rings is 3. The zero-order chi connectivity index (χ0) is 16.9. The summed E-state index contributed by atoms with van der Waals surface area (Å²) in [6, 6.07) is 28.0. The fraction of sp³-hybridized carbons (Fsp3) is 0.0455. The van der Waals surface area contributed by atoms with Crippen molar-refractivity contribution < 1.29 is 0 Å². The van der Waals surface area contributed by atoms with E-state index in [-0.39, 0.29) is 5.41 Å². The molecule has 1 aromatic heterocycles. The second kappa shape index (κ2) is 5.43. The van der Waals surface area contributed by atoms with Gasteiger partial charge in [-0.05, 0) is 46.0 Å². The molecule has 1 aliphatic carbocycles. The van der Waals surface area contributed by atoms with Crippen molar-refractivity contribution in [3.63, 3.8) is 0 Å². The molecule has 1 heterocycles. The highest BCUT2D eigenvalue weighted by Gasteiger charge is 2.46. The molecule has 5 rings (SSSR count). The number of H-pyrrole nitrogens is 1. The van der Waals surface area contributed by atoms with Gasteiger partial charge in [0, 0.05) is 10.7 Å². The zero-order valence-corrected chi connectivity index (χ0v) is 15.0. The highest BCUT2D eigenvalue weighted by molar-refractivity contribution is 9.10. The molecule has 120 valence electrons. The van der Waals surface area contributed by atoms with Crippen molar-refractivity contribution in [3.05, 3.63) is 112 Å². The molecule has 1 N–H and O–H groups in total. The molecule has 0 spiro atoms. The van der Waals surface area contributed by atoms with Gasteiger partial charge in [-0.2, -0.15) is 5.10 Å². The van der Waals surface area contributed by atoms with Gasteiger partial charge in [-0.3, -0.25) is 5.10 Å². The van der Waals surface area contributed by atoms with Gasteiger partial charge in [0.25, 0.3) is 0 Å². The topological polar surface area (TPSA) is 28.7 Å². The SMILES string of the molecule is Brc1cccc(C2(c3ccn[nH]3)c3ccccc3-c3ccccc32)c1. The third-order valence-electron chi connectivity index (χ3n) is 5.11. The van der Waals surface area contributed by atoms with Gasteiger partial charge in [0.1, 0.15) is 0 Å². The first-order valence-corrected chi connectivity index (χ1v) is 9.06. The van der Waals surface area contributed by atoms with Crippen molar-refractivity contribution >= 4 is 15.9 Å². The Kier molecular flexibility index (Phi) is 3.19. The summed E-state index contributed by atoms with van der Waals surface area (Å²) in [5, 5.41) is 7.52. The molecule has 0 atom stereocenters. The number of hydrogen-bond donors (Lipinski definition) is 1. The van der Waals surface area contributed by atoms with Crippen LogP contribution in [0, 0.1) is 0 Å². The van der Waals surface area contributed by atoms with Gasteiger partial charge >= 0.3 is 0 Å².